The molecule has 0 unspecified atom stereocenters. The number of aryl methyl sites for hydroxylation is 2. The van der Waals surface area contributed by atoms with Crippen LogP contribution in [0.2, 0.25) is 0 Å². The van der Waals surface area contributed by atoms with Crippen LogP contribution in [0.1, 0.15) is 27.0 Å². The highest BCUT2D eigenvalue weighted by atomic mass is 32.2. The lowest BCUT2D eigenvalue weighted by Crippen LogP contribution is -2.41. The van der Waals surface area contributed by atoms with Crippen LogP contribution >= 0.6 is 11.8 Å². The van der Waals surface area contributed by atoms with Crippen molar-refractivity contribution in [3.63, 3.8) is 0 Å². The van der Waals surface area contributed by atoms with Crippen molar-refractivity contribution in [2.75, 3.05) is 19.6 Å². The molecule has 1 aliphatic rings. The first-order valence-corrected chi connectivity index (χ1v) is 10.6. The SMILES string of the molecule is Cc1ccc(/C=C2\SC(=O)N(CCNC(=O)CNC(=O)c3ccc(C)cc3)C2=O)cc1. The van der Waals surface area contributed by atoms with Crippen LogP contribution in [0.3, 0.4) is 0 Å². The predicted octanol–water partition coefficient (Wildman–Crippen LogP) is 2.89. The highest BCUT2D eigenvalue weighted by Crippen LogP contribution is 2.31. The van der Waals surface area contributed by atoms with E-state index in [0.29, 0.717) is 10.5 Å². The van der Waals surface area contributed by atoms with Crippen molar-refractivity contribution in [1.29, 1.82) is 0 Å². The monoisotopic (exact) mass is 437 g/mol. The van der Waals surface area contributed by atoms with Crippen LogP contribution in [0.25, 0.3) is 6.08 Å². The van der Waals surface area contributed by atoms with Gasteiger partial charge in [0.1, 0.15) is 0 Å². The van der Waals surface area contributed by atoms with Crippen molar-refractivity contribution >= 4 is 40.8 Å². The molecular weight excluding hydrogens is 414 g/mol. The van der Waals surface area contributed by atoms with Crippen molar-refractivity contribution in [3.05, 3.63) is 75.7 Å². The first-order valence-electron chi connectivity index (χ1n) is 9.77. The summed E-state index contributed by atoms with van der Waals surface area (Å²) in [6.45, 7) is 3.87. The number of nitrogens with one attached hydrogen (secondary N) is 2. The van der Waals surface area contributed by atoms with E-state index in [9.17, 15) is 19.2 Å². The molecule has 1 saturated heterocycles. The van der Waals surface area contributed by atoms with Crippen LogP contribution in [-0.4, -0.2) is 47.5 Å². The summed E-state index contributed by atoms with van der Waals surface area (Å²) in [4.78, 5) is 50.1. The van der Waals surface area contributed by atoms with Gasteiger partial charge < -0.3 is 10.6 Å². The molecule has 0 saturated carbocycles. The van der Waals surface area contributed by atoms with Crippen molar-refractivity contribution in [2.45, 2.75) is 13.8 Å². The van der Waals surface area contributed by atoms with E-state index in [1.165, 1.54) is 0 Å². The number of imide groups is 1. The number of hydrogen-bond acceptors (Lipinski definition) is 5. The molecule has 2 aromatic rings. The molecule has 0 atom stereocenters. The molecular formula is C23H23N3O4S. The Morgan fingerprint density at radius 3 is 2.19 bits per heavy atom. The summed E-state index contributed by atoms with van der Waals surface area (Å²) in [5.41, 5.74) is 3.46. The van der Waals surface area contributed by atoms with Gasteiger partial charge in [-0.1, -0.05) is 47.5 Å². The average Bonchev–Trinajstić information content (AvgIpc) is 3.01. The minimum atomic E-state index is -0.400. The van der Waals surface area contributed by atoms with Crippen LogP contribution < -0.4 is 10.6 Å². The molecule has 2 N–H and O–H groups in total. The van der Waals surface area contributed by atoms with Gasteiger partial charge in [-0.2, -0.15) is 0 Å². The molecule has 31 heavy (non-hydrogen) atoms. The topological polar surface area (TPSA) is 95.6 Å². The summed E-state index contributed by atoms with van der Waals surface area (Å²) < 4.78 is 0. The average molecular weight is 438 g/mol. The van der Waals surface area contributed by atoms with Crippen LogP contribution in [0.15, 0.2) is 53.4 Å². The Kier molecular flexibility index (Phi) is 7.25. The lowest BCUT2D eigenvalue weighted by molar-refractivity contribution is -0.124. The third kappa shape index (κ3) is 6.05. The maximum absolute atomic E-state index is 12.5. The third-order valence-corrected chi connectivity index (χ3v) is 5.54. The van der Waals surface area contributed by atoms with Gasteiger partial charge in [0.05, 0.1) is 11.4 Å². The van der Waals surface area contributed by atoms with E-state index < -0.39 is 5.91 Å². The van der Waals surface area contributed by atoms with E-state index in [-0.39, 0.29) is 36.7 Å². The normalized spacial score (nSPS) is 14.8. The van der Waals surface area contributed by atoms with Crippen molar-refractivity contribution < 1.29 is 19.2 Å². The van der Waals surface area contributed by atoms with Crippen molar-refractivity contribution in [3.8, 4) is 0 Å². The highest BCUT2D eigenvalue weighted by Gasteiger charge is 2.34. The molecule has 7 nitrogen and oxygen atoms in total. The molecule has 0 aromatic heterocycles. The minimum absolute atomic E-state index is 0.0630. The summed E-state index contributed by atoms with van der Waals surface area (Å²) in [5, 5.41) is 4.78. The number of thioether (sulfide) groups is 1. The summed E-state index contributed by atoms with van der Waals surface area (Å²) in [7, 11) is 0. The Bertz CT molecular complexity index is 1030. The van der Waals surface area contributed by atoms with Gasteiger partial charge in [0, 0.05) is 18.7 Å². The maximum Gasteiger partial charge on any atom is 0.293 e. The van der Waals surface area contributed by atoms with Crippen LogP contribution in [0, 0.1) is 13.8 Å². The van der Waals surface area contributed by atoms with Gasteiger partial charge in [-0.15, -0.1) is 0 Å². The lowest BCUT2D eigenvalue weighted by atomic mass is 10.1. The quantitative estimate of drug-likeness (QED) is 0.650. The second-order valence-electron chi connectivity index (χ2n) is 7.14. The first-order chi connectivity index (χ1) is 14.8. The number of carbonyl (C=O) groups excluding carboxylic acids is 4. The Hall–Kier alpha value is -3.39. The number of benzene rings is 2. The predicted molar refractivity (Wildman–Crippen MR) is 120 cm³/mol. The maximum atomic E-state index is 12.5. The van der Waals surface area contributed by atoms with Crippen molar-refractivity contribution in [2.24, 2.45) is 0 Å². The standard InChI is InChI=1S/C23H23N3O4S/c1-15-3-7-17(8-4-15)13-19-22(29)26(23(30)31-19)12-11-24-20(27)14-25-21(28)18-9-5-16(2)6-10-18/h3-10,13H,11-12,14H2,1-2H3,(H,24,27)(H,25,28)/b19-13-. The van der Waals surface area contributed by atoms with E-state index in [1.54, 1.807) is 18.2 Å². The summed E-state index contributed by atoms with van der Waals surface area (Å²) >= 11 is 0.881. The van der Waals surface area contributed by atoms with E-state index in [0.717, 1.165) is 33.4 Å². The molecule has 8 heteroatoms. The van der Waals surface area contributed by atoms with Gasteiger partial charge in [-0.3, -0.25) is 24.1 Å². The Morgan fingerprint density at radius 2 is 1.55 bits per heavy atom. The lowest BCUT2D eigenvalue weighted by Gasteiger charge is -2.13. The Balaban J connectivity index is 1.45. The molecule has 4 amide bonds. The van der Waals surface area contributed by atoms with Crippen LogP contribution in [0.5, 0.6) is 0 Å². The van der Waals surface area contributed by atoms with E-state index in [4.69, 9.17) is 0 Å². The number of rotatable bonds is 7. The fourth-order valence-corrected chi connectivity index (χ4v) is 3.71. The second kappa shape index (κ2) is 10.1. The van der Waals surface area contributed by atoms with Gasteiger partial charge >= 0.3 is 0 Å². The molecule has 0 spiro atoms. The number of carbonyl (C=O) groups is 4. The van der Waals surface area contributed by atoms with Gasteiger partial charge in [-0.05, 0) is 49.4 Å². The molecule has 0 aliphatic carbocycles. The zero-order chi connectivity index (χ0) is 22.4. The van der Waals surface area contributed by atoms with Gasteiger partial charge in [0.25, 0.3) is 17.1 Å². The number of amides is 4. The molecule has 1 heterocycles. The van der Waals surface area contributed by atoms with E-state index >= 15 is 0 Å². The minimum Gasteiger partial charge on any atom is -0.353 e. The molecule has 1 fully saturated rings. The number of hydrogen-bond donors (Lipinski definition) is 2. The molecule has 3 rings (SSSR count). The zero-order valence-corrected chi connectivity index (χ0v) is 18.1. The number of nitrogens with zero attached hydrogens (tertiary/aromatic N) is 1. The molecule has 160 valence electrons. The van der Waals surface area contributed by atoms with E-state index in [2.05, 4.69) is 10.6 Å². The fourth-order valence-electron chi connectivity index (χ4n) is 2.84. The van der Waals surface area contributed by atoms with E-state index in [1.807, 2.05) is 50.2 Å². The summed E-state index contributed by atoms with van der Waals surface area (Å²) in [6.07, 6.45) is 1.68. The van der Waals surface area contributed by atoms with Crippen LogP contribution in [-0.2, 0) is 9.59 Å². The third-order valence-electron chi connectivity index (χ3n) is 4.63. The molecule has 1 aliphatic heterocycles. The van der Waals surface area contributed by atoms with Gasteiger partial charge in [0.15, 0.2) is 0 Å². The van der Waals surface area contributed by atoms with Gasteiger partial charge in [0.2, 0.25) is 5.91 Å². The molecule has 0 radical (unpaired) electrons. The molecule has 2 aromatic carbocycles. The summed E-state index contributed by atoms with van der Waals surface area (Å²) in [5.74, 6) is -1.12. The van der Waals surface area contributed by atoms with Crippen molar-refractivity contribution in [1.82, 2.24) is 15.5 Å². The smallest absolute Gasteiger partial charge is 0.293 e. The second-order valence-corrected chi connectivity index (χ2v) is 8.14. The Labute approximate surface area is 184 Å². The zero-order valence-electron chi connectivity index (χ0n) is 17.3. The largest absolute Gasteiger partial charge is 0.353 e. The highest BCUT2D eigenvalue weighted by molar-refractivity contribution is 8.18. The summed E-state index contributed by atoms with van der Waals surface area (Å²) in [6, 6.07) is 14.6. The van der Waals surface area contributed by atoms with Crippen LogP contribution in [0.4, 0.5) is 4.79 Å². The fraction of sp³-hybridized carbons (Fsp3) is 0.217. The Morgan fingerprint density at radius 1 is 0.935 bits per heavy atom. The molecule has 0 bridgehead atoms. The van der Waals surface area contributed by atoms with Gasteiger partial charge in [-0.25, -0.2) is 0 Å². The first kappa shape index (κ1) is 22.3.